The fourth-order valence-corrected chi connectivity index (χ4v) is 2.99. The minimum atomic E-state index is 0.00688. The number of aromatic nitrogens is 1. The van der Waals surface area contributed by atoms with Crippen molar-refractivity contribution in [2.75, 3.05) is 19.0 Å². The molecule has 2 N–H and O–H groups in total. The molecule has 102 valence electrons. The second-order valence-corrected chi connectivity index (χ2v) is 5.70. The molecule has 0 radical (unpaired) electrons. The maximum Gasteiger partial charge on any atom is 0.230 e. The van der Waals surface area contributed by atoms with Crippen molar-refractivity contribution >= 4 is 55.3 Å². The summed E-state index contributed by atoms with van der Waals surface area (Å²) in [6, 6.07) is 5.97. The number of carbonyl (C=O) groups is 1. The molecule has 1 aromatic heterocycles. The van der Waals surface area contributed by atoms with E-state index in [0.29, 0.717) is 11.9 Å². The summed E-state index contributed by atoms with van der Waals surface area (Å²) in [6.07, 6.45) is 0.796. The van der Waals surface area contributed by atoms with Crippen LogP contribution in [0.3, 0.4) is 0 Å². The van der Waals surface area contributed by atoms with E-state index in [0.717, 1.165) is 26.8 Å². The van der Waals surface area contributed by atoms with Crippen LogP contribution in [0.1, 0.15) is 5.56 Å². The summed E-state index contributed by atoms with van der Waals surface area (Å²) in [5.41, 5.74) is 2.30. The molecule has 4 nitrogen and oxygen atoms in total. The Kier molecular flexibility index (Phi) is 5.09. The van der Waals surface area contributed by atoms with Gasteiger partial charge in [0.2, 0.25) is 5.91 Å². The zero-order valence-electron chi connectivity index (χ0n) is 10.4. The van der Waals surface area contributed by atoms with E-state index in [1.165, 1.54) is 5.56 Å². The maximum absolute atomic E-state index is 11.2. The first-order chi connectivity index (χ1) is 9.15. The Morgan fingerprint density at radius 1 is 1.53 bits per heavy atom. The number of nitrogens with one attached hydrogen (secondary N) is 2. The molecule has 0 aliphatic heterocycles. The average molecular weight is 437 g/mol. The summed E-state index contributed by atoms with van der Waals surface area (Å²) >= 11 is 5.42. The van der Waals surface area contributed by atoms with Crippen molar-refractivity contribution in [3.05, 3.63) is 27.5 Å². The molecule has 19 heavy (non-hydrogen) atoms. The molecule has 0 aliphatic rings. The quantitative estimate of drug-likeness (QED) is 0.559. The highest BCUT2D eigenvalue weighted by molar-refractivity contribution is 14.1. The molecule has 0 atom stereocenters. The Labute approximate surface area is 133 Å². The highest BCUT2D eigenvalue weighted by Crippen LogP contribution is 2.27. The number of hydrogen-bond acceptors (Lipinski definition) is 2. The fourth-order valence-electron chi connectivity index (χ4n) is 1.94. The lowest BCUT2D eigenvalue weighted by atomic mass is 10.1. The number of fused-ring (bicyclic) bond motifs is 1. The molecule has 0 fully saturated rings. The summed E-state index contributed by atoms with van der Waals surface area (Å²) in [6.45, 7) is 0.630. The third kappa shape index (κ3) is 3.42. The van der Waals surface area contributed by atoms with Gasteiger partial charge in [-0.2, -0.15) is 0 Å². The van der Waals surface area contributed by atoms with Crippen molar-refractivity contribution < 1.29 is 9.53 Å². The van der Waals surface area contributed by atoms with Gasteiger partial charge in [-0.15, -0.1) is 0 Å². The largest absolute Gasteiger partial charge is 0.497 e. The van der Waals surface area contributed by atoms with E-state index >= 15 is 0 Å². The summed E-state index contributed by atoms with van der Waals surface area (Å²) < 4.78 is 6.36. The molecule has 0 spiro atoms. The van der Waals surface area contributed by atoms with Crippen LogP contribution in [-0.2, 0) is 11.2 Å². The smallest absolute Gasteiger partial charge is 0.230 e. The minimum absolute atomic E-state index is 0.00688. The summed E-state index contributed by atoms with van der Waals surface area (Å²) in [5, 5.41) is 4.35. The molecule has 1 aromatic carbocycles. The van der Waals surface area contributed by atoms with Crippen molar-refractivity contribution in [1.29, 1.82) is 0 Å². The number of H-pyrrole nitrogens is 1. The van der Waals surface area contributed by atoms with Crippen LogP contribution in [0.5, 0.6) is 5.75 Å². The number of amides is 1. The van der Waals surface area contributed by atoms with Gasteiger partial charge in [-0.05, 0) is 52.8 Å². The van der Waals surface area contributed by atoms with Crippen LogP contribution < -0.4 is 10.1 Å². The summed E-state index contributed by atoms with van der Waals surface area (Å²) in [4.78, 5) is 14.5. The maximum atomic E-state index is 11.2. The lowest BCUT2D eigenvalue weighted by molar-refractivity contribution is -0.118. The molecular formula is C13H14BrIN2O2. The predicted octanol–water partition coefficient (Wildman–Crippen LogP) is 2.83. The second-order valence-electron chi connectivity index (χ2n) is 4.06. The Balaban J connectivity index is 2.21. The molecule has 0 saturated heterocycles. The number of ether oxygens (including phenoxy) is 1. The van der Waals surface area contributed by atoms with Crippen molar-refractivity contribution in [3.63, 3.8) is 0 Å². The van der Waals surface area contributed by atoms with Gasteiger partial charge in [-0.25, -0.2) is 0 Å². The Hall–Kier alpha value is -0.760. The number of carbonyl (C=O) groups excluding carboxylic acids is 1. The highest BCUT2D eigenvalue weighted by atomic mass is 127. The fraction of sp³-hybridized carbons (Fsp3) is 0.308. The Morgan fingerprint density at radius 2 is 2.32 bits per heavy atom. The van der Waals surface area contributed by atoms with Crippen molar-refractivity contribution in [2.24, 2.45) is 0 Å². The van der Waals surface area contributed by atoms with E-state index in [9.17, 15) is 4.79 Å². The monoisotopic (exact) mass is 436 g/mol. The molecule has 2 rings (SSSR count). The molecule has 0 unspecified atom stereocenters. The number of rotatable bonds is 5. The molecule has 1 amide bonds. The third-order valence-corrected chi connectivity index (χ3v) is 4.31. The lowest BCUT2D eigenvalue weighted by Gasteiger charge is -2.04. The van der Waals surface area contributed by atoms with Gasteiger partial charge in [0.25, 0.3) is 0 Å². The minimum Gasteiger partial charge on any atom is -0.497 e. The van der Waals surface area contributed by atoms with Gasteiger partial charge < -0.3 is 15.0 Å². The van der Waals surface area contributed by atoms with Gasteiger partial charge in [-0.1, -0.05) is 15.9 Å². The zero-order chi connectivity index (χ0) is 13.8. The van der Waals surface area contributed by atoms with E-state index in [1.807, 2.05) is 18.2 Å². The number of hydrogen-bond donors (Lipinski definition) is 2. The number of benzene rings is 1. The first-order valence-electron chi connectivity index (χ1n) is 5.82. The standard InChI is InChI=1S/C13H14BrIN2O2/c1-19-8-2-3-11-10(6-8)9(13(15)17-11)4-5-16-12(18)7-14/h2-3,6,17H,4-5,7H2,1H3,(H,16,18). The van der Waals surface area contributed by atoms with Crippen LogP contribution in [0.25, 0.3) is 10.9 Å². The third-order valence-electron chi connectivity index (χ3n) is 2.88. The average Bonchev–Trinajstić information content (AvgIpc) is 2.74. The molecule has 0 aliphatic carbocycles. The Morgan fingerprint density at radius 3 is 3.00 bits per heavy atom. The molecule has 0 bridgehead atoms. The number of aromatic amines is 1. The van der Waals surface area contributed by atoms with Crippen molar-refractivity contribution in [3.8, 4) is 5.75 Å². The van der Waals surface area contributed by atoms with E-state index in [4.69, 9.17) is 4.74 Å². The van der Waals surface area contributed by atoms with Crippen molar-refractivity contribution in [1.82, 2.24) is 10.3 Å². The first kappa shape index (κ1) is 14.6. The SMILES string of the molecule is COc1ccc2[nH]c(I)c(CCNC(=O)CBr)c2c1. The Bertz CT molecular complexity index is 598. The van der Waals surface area contributed by atoms with E-state index < -0.39 is 0 Å². The lowest BCUT2D eigenvalue weighted by Crippen LogP contribution is -2.26. The van der Waals surface area contributed by atoms with Crippen LogP contribution in [0.2, 0.25) is 0 Å². The summed E-state index contributed by atoms with van der Waals surface area (Å²) in [7, 11) is 1.66. The first-order valence-corrected chi connectivity index (χ1v) is 8.02. The van der Waals surface area contributed by atoms with Gasteiger partial charge in [0.05, 0.1) is 16.1 Å². The molecule has 0 saturated carbocycles. The molecule has 6 heteroatoms. The van der Waals surface area contributed by atoms with E-state index in [1.54, 1.807) is 7.11 Å². The summed E-state index contributed by atoms with van der Waals surface area (Å²) in [5.74, 6) is 0.848. The highest BCUT2D eigenvalue weighted by Gasteiger charge is 2.10. The normalized spacial score (nSPS) is 10.7. The molecular weight excluding hydrogens is 423 g/mol. The predicted molar refractivity (Wildman–Crippen MR) is 88.1 cm³/mol. The van der Waals surface area contributed by atoms with Crippen LogP contribution >= 0.6 is 38.5 Å². The van der Waals surface area contributed by atoms with Gasteiger partial charge in [0.1, 0.15) is 5.75 Å². The number of alkyl halides is 1. The molecule has 1 heterocycles. The van der Waals surface area contributed by atoms with Crippen molar-refractivity contribution in [2.45, 2.75) is 6.42 Å². The van der Waals surface area contributed by atoms with Crippen LogP contribution in [0.15, 0.2) is 18.2 Å². The number of methoxy groups -OCH3 is 1. The van der Waals surface area contributed by atoms with Gasteiger partial charge >= 0.3 is 0 Å². The topological polar surface area (TPSA) is 54.1 Å². The van der Waals surface area contributed by atoms with Gasteiger partial charge in [-0.3, -0.25) is 4.79 Å². The van der Waals surface area contributed by atoms with Crippen LogP contribution in [-0.4, -0.2) is 29.9 Å². The second kappa shape index (κ2) is 6.60. The number of halogens is 2. The van der Waals surface area contributed by atoms with Gasteiger partial charge in [0.15, 0.2) is 0 Å². The van der Waals surface area contributed by atoms with Gasteiger partial charge in [0, 0.05) is 17.4 Å². The van der Waals surface area contributed by atoms with Crippen LogP contribution in [0, 0.1) is 3.70 Å². The van der Waals surface area contributed by atoms with E-state index in [2.05, 4.69) is 48.8 Å². The van der Waals surface area contributed by atoms with Crippen LogP contribution in [0.4, 0.5) is 0 Å². The van der Waals surface area contributed by atoms with E-state index in [-0.39, 0.29) is 5.91 Å². The molecule has 2 aromatic rings. The zero-order valence-corrected chi connectivity index (χ0v) is 14.2.